The number of methoxy groups -OCH3 is 1. The Morgan fingerprint density at radius 1 is 1.08 bits per heavy atom. The summed E-state index contributed by atoms with van der Waals surface area (Å²) in [4.78, 5) is 0. The van der Waals surface area contributed by atoms with Crippen LogP contribution in [0.5, 0.6) is 5.75 Å². The summed E-state index contributed by atoms with van der Waals surface area (Å²) in [5, 5.41) is 0.227. The third-order valence-electron chi connectivity index (χ3n) is 6.22. The number of allylic oxidation sites excluding steroid dienone is 1. The van der Waals surface area contributed by atoms with Crippen molar-refractivity contribution in [2.24, 2.45) is 11.8 Å². The first-order valence-electron chi connectivity index (χ1n) is 9.32. The van der Waals surface area contributed by atoms with Crippen LogP contribution < -0.4 is 4.74 Å². The molecule has 0 aromatic heterocycles. The first-order chi connectivity index (χ1) is 11.7. The summed E-state index contributed by atoms with van der Waals surface area (Å²) >= 11 is 0. The van der Waals surface area contributed by atoms with Gasteiger partial charge in [0.05, 0.1) is 25.9 Å². The maximum Gasteiger partial charge on any atom is 0.192 e. The van der Waals surface area contributed by atoms with Gasteiger partial charge in [-0.05, 0) is 48.2 Å². The third-order valence-corrected chi connectivity index (χ3v) is 10.7. The van der Waals surface area contributed by atoms with Gasteiger partial charge < -0.3 is 13.9 Å². The van der Waals surface area contributed by atoms with E-state index in [9.17, 15) is 0 Å². The van der Waals surface area contributed by atoms with Crippen LogP contribution in [-0.2, 0) is 15.8 Å². The van der Waals surface area contributed by atoms with Crippen molar-refractivity contribution in [1.82, 2.24) is 0 Å². The molecule has 0 heterocycles. The van der Waals surface area contributed by atoms with E-state index in [1.54, 1.807) is 7.11 Å². The molecule has 3 rings (SSSR count). The van der Waals surface area contributed by atoms with E-state index >= 15 is 0 Å². The van der Waals surface area contributed by atoms with Gasteiger partial charge in [0.15, 0.2) is 8.32 Å². The predicted octanol–water partition coefficient (Wildman–Crippen LogP) is 5.18. The van der Waals surface area contributed by atoms with Crippen LogP contribution in [-0.4, -0.2) is 27.6 Å². The molecule has 2 aliphatic carbocycles. The Balaban J connectivity index is 1.64. The van der Waals surface area contributed by atoms with E-state index in [1.165, 1.54) is 5.56 Å². The molecule has 1 aromatic carbocycles. The molecule has 138 valence electrons. The molecule has 1 saturated carbocycles. The van der Waals surface area contributed by atoms with Crippen molar-refractivity contribution in [1.29, 1.82) is 0 Å². The van der Waals surface area contributed by atoms with E-state index in [-0.39, 0.29) is 17.2 Å². The molecule has 0 saturated heterocycles. The van der Waals surface area contributed by atoms with Gasteiger partial charge in [0, 0.05) is 5.92 Å². The van der Waals surface area contributed by atoms with Gasteiger partial charge in [0.25, 0.3) is 0 Å². The van der Waals surface area contributed by atoms with Crippen molar-refractivity contribution in [3.63, 3.8) is 0 Å². The van der Waals surface area contributed by atoms with Crippen molar-refractivity contribution < 1.29 is 13.9 Å². The standard InChI is InChI=1S/C21H32O3Si/c1-21(2,3)25(5,6)24-20-18-9-7-8-17(18)19(20)23-14-15-10-12-16(22-4)13-11-15/h7-8,10-13,17-20H,9,14H2,1-6H3/t17-,18+,19+,20+/m0/s1. The highest BCUT2D eigenvalue weighted by Crippen LogP contribution is 2.50. The monoisotopic (exact) mass is 360 g/mol. The topological polar surface area (TPSA) is 27.7 Å². The molecule has 0 radical (unpaired) electrons. The summed E-state index contributed by atoms with van der Waals surface area (Å²) in [6, 6.07) is 8.12. The second kappa shape index (κ2) is 6.90. The first-order valence-corrected chi connectivity index (χ1v) is 12.2. The first kappa shape index (κ1) is 18.7. The maximum absolute atomic E-state index is 6.74. The Morgan fingerprint density at radius 3 is 2.36 bits per heavy atom. The Kier molecular flexibility index (Phi) is 5.15. The Labute approximate surface area is 153 Å². The average molecular weight is 361 g/mol. The van der Waals surface area contributed by atoms with Crippen molar-refractivity contribution in [3.8, 4) is 5.75 Å². The molecule has 1 aromatic rings. The summed E-state index contributed by atoms with van der Waals surface area (Å²) in [5.74, 6) is 2.01. The highest BCUT2D eigenvalue weighted by molar-refractivity contribution is 6.74. The van der Waals surface area contributed by atoms with Gasteiger partial charge >= 0.3 is 0 Å². The van der Waals surface area contributed by atoms with Crippen molar-refractivity contribution in [2.75, 3.05) is 7.11 Å². The van der Waals surface area contributed by atoms with E-state index in [0.29, 0.717) is 18.4 Å². The van der Waals surface area contributed by atoms with Crippen LogP contribution in [0, 0.1) is 11.8 Å². The SMILES string of the molecule is COc1ccc(CO[C@@H]2[C@H]3C=CC[C@H]3[C@H]2O[Si](C)(C)C(C)(C)C)cc1. The summed E-state index contributed by atoms with van der Waals surface area (Å²) in [5.41, 5.74) is 1.18. The molecule has 0 bridgehead atoms. The molecule has 0 unspecified atom stereocenters. The molecule has 0 spiro atoms. The van der Waals surface area contributed by atoms with Gasteiger partial charge in [-0.3, -0.25) is 0 Å². The van der Waals surface area contributed by atoms with Crippen molar-refractivity contribution in [3.05, 3.63) is 42.0 Å². The normalized spacial score (nSPS) is 28.6. The Morgan fingerprint density at radius 2 is 1.76 bits per heavy atom. The van der Waals surface area contributed by atoms with Gasteiger partial charge in [-0.1, -0.05) is 45.1 Å². The minimum atomic E-state index is -1.78. The predicted molar refractivity (Wildman–Crippen MR) is 104 cm³/mol. The molecule has 2 aliphatic rings. The zero-order valence-corrected chi connectivity index (χ0v) is 17.4. The zero-order valence-electron chi connectivity index (χ0n) is 16.4. The summed E-state index contributed by atoms with van der Waals surface area (Å²) < 4.78 is 18.3. The van der Waals surface area contributed by atoms with E-state index in [2.05, 4.69) is 58.2 Å². The fourth-order valence-corrected chi connectivity index (χ4v) is 4.85. The van der Waals surface area contributed by atoms with E-state index in [1.807, 2.05) is 12.1 Å². The molecule has 0 N–H and O–H groups in total. The lowest BCUT2D eigenvalue weighted by molar-refractivity contribution is -0.160. The zero-order chi connectivity index (χ0) is 18.2. The van der Waals surface area contributed by atoms with Crippen LogP contribution in [0.25, 0.3) is 0 Å². The summed E-state index contributed by atoms with van der Waals surface area (Å²) in [6.45, 7) is 12.2. The lowest BCUT2D eigenvalue weighted by Crippen LogP contribution is -2.60. The van der Waals surface area contributed by atoms with Crippen molar-refractivity contribution in [2.45, 2.75) is 64.1 Å². The minimum Gasteiger partial charge on any atom is -0.497 e. The second-order valence-electron chi connectivity index (χ2n) is 8.87. The van der Waals surface area contributed by atoms with Gasteiger partial charge in [-0.25, -0.2) is 0 Å². The average Bonchev–Trinajstić information content (AvgIpc) is 2.97. The van der Waals surface area contributed by atoms with Crippen LogP contribution in [0.2, 0.25) is 18.1 Å². The largest absolute Gasteiger partial charge is 0.497 e. The molecule has 0 amide bonds. The molecule has 25 heavy (non-hydrogen) atoms. The van der Waals surface area contributed by atoms with Crippen LogP contribution >= 0.6 is 0 Å². The van der Waals surface area contributed by atoms with Gasteiger partial charge in [-0.2, -0.15) is 0 Å². The Hall–Kier alpha value is -1.10. The number of fused-ring (bicyclic) bond motifs is 1. The lowest BCUT2D eigenvalue weighted by atomic mass is 9.70. The maximum atomic E-state index is 6.74. The van der Waals surface area contributed by atoms with Crippen LogP contribution in [0.1, 0.15) is 32.8 Å². The third kappa shape index (κ3) is 3.71. The minimum absolute atomic E-state index is 0.181. The number of rotatable bonds is 6. The highest BCUT2D eigenvalue weighted by Gasteiger charge is 2.55. The number of benzene rings is 1. The molecule has 4 atom stereocenters. The van der Waals surface area contributed by atoms with E-state index in [4.69, 9.17) is 13.9 Å². The van der Waals surface area contributed by atoms with Crippen molar-refractivity contribution >= 4 is 8.32 Å². The Bertz CT molecular complexity index is 615. The van der Waals surface area contributed by atoms with E-state index < -0.39 is 8.32 Å². The smallest absolute Gasteiger partial charge is 0.192 e. The molecule has 4 heteroatoms. The fraction of sp³-hybridized carbons (Fsp3) is 0.619. The number of ether oxygens (including phenoxy) is 2. The molecule has 1 fully saturated rings. The summed E-state index contributed by atoms with van der Waals surface area (Å²) in [6.07, 6.45) is 6.18. The summed E-state index contributed by atoms with van der Waals surface area (Å²) in [7, 11) is -0.0947. The second-order valence-corrected chi connectivity index (χ2v) is 13.6. The van der Waals surface area contributed by atoms with Crippen LogP contribution in [0.15, 0.2) is 36.4 Å². The molecular formula is C21H32O3Si. The van der Waals surface area contributed by atoms with E-state index in [0.717, 1.165) is 12.2 Å². The number of hydrogen-bond acceptors (Lipinski definition) is 3. The molecule has 0 aliphatic heterocycles. The molecule has 3 nitrogen and oxygen atoms in total. The van der Waals surface area contributed by atoms with Gasteiger partial charge in [0.2, 0.25) is 0 Å². The lowest BCUT2D eigenvalue weighted by Gasteiger charge is -2.52. The van der Waals surface area contributed by atoms with Crippen LogP contribution in [0.3, 0.4) is 0 Å². The van der Waals surface area contributed by atoms with Crippen LogP contribution in [0.4, 0.5) is 0 Å². The van der Waals surface area contributed by atoms with Gasteiger partial charge in [0.1, 0.15) is 5.75 Å². The van der Waals surface area contributed by atoms with Gasteiger partial charge in [-0.15, -0.1) is 0 Å². The molecular weight excluding hydrogens is 328 g/mol. The highest BCUT2D eigenvalue weighted by atomic mass is 28.4. The number of hydrogen-bond donors (Lipinski definition) is 0. The fourth-order valence-electron chi connectivity index (χ4n) is 3.51. The quantitative estimate of drug-likeness (QED) is 0.517.